The van der Waals surface area contributed by atoms with E-state index in [1.807, 2.05) is 6.07 Å². The van der Waals surface area contributed by atoms with Gasteiger partial charge in [0.25, 0.3) is 0 Å². The summed E-state index contributed by atoms with van der Waals surface area (Å²) >= 11 is 0. The fourth-order valence-electron chi connectivity index (χ4n) is 1.40. The molecule has 0 aliphatic rings. The topological polar surface area (TPSA) is 63.6 Å². The smallest absolute Gasteiger partial charge is 1.00 e. The molecular weight excluding hydrogens is 271 g/mol. The van der Waals surface area contributed by atoms with Crippen LogP contribution in [0.1, 0.15) is 22.1 Å². The van der Waals surface area contributed by atoms with Gasteiger partial charge in [0.05, 0.1) is 11.1 Å². The van der Waals surface area contributed by atoms with Crippen LogP contribution >= 0.6 is 0 Å². The predicted octanol–water partition coefficient (Wildman–Crippen LogP) is -0.280. The molecule has 2 aromatic rings. The summed E-state index contributed by atoms with van der Waals surface area (Å²) in [6.45, 7) is 0. The van der Waals surface area contributed by atoms with E-state index in [1.165, 1.54) is 24.3 Å². The van der Waals surface area contributed by atoms with Crippen LogP contribution in [0.25, 0.3) is 0 Å². The van der Waals surface area contributed by atoms with Crippen molar-refractivity contribution >= 4 is 11.9 Å². The number of hydrogen-bond acceptors (Lipinski definition) is 3. The van der Waals surface area contributed by atoms with E-state index in [0.29, 0.717) is 11.3 Å². The zero-order valence-electron chi connectivity index (χ0n) is 11.4. The van der Waals surface area contributed by atoms with Crippen LogP contribution in [0.2, 0.25) is 0 Å². The molecule has 19 heavy (non-hydrogen) atoms. The van der Waals surface area contributed by atoms with Gasteiger partial charge in [-0.2, -0.15) is 0 Å². The Bertz CT molecular complexity index is 569. The molecule has 2 rings (SSSR count). The Balaban J connectivity index is 0.00000180. The van der Waals surface area contributed by atoms with Crippen LogP contribution in [0.4, 0.5) is 0 Å². The van der Waals surface area contributed by atoms with E-state index >= 15 is 0 Å². The maximum absolute atomic E-state index is 11.7. The zero-order valence-corrected chi connectivity index (χ0v) is 13.5. The van der Waals surface area contributed by atoms with E-state index in [9.17, 15) is 9.59 Å². The maximum Gasteiger partial charge on any atom is 1.00 e. The maximum atomic E-state index is 11.7. The molecule has 0 saturated carbocycles. The molecule has 4 nitrogen and oxygen atoms in total. The third-order valence-corrected chi connectivity index (χ3v) is 2.32. The molecule has 0 fully saturated rings. The Labute approximate surface area is 154 Å². The Morgan fingerprint density at radius 2 is 1.42 bits per heavy atom. The molecule has 0 saturated heterocycles. The number of carbonyl (C=O) groups excluding carboxylic acids is 1. The van der Waals surface area contributed by atoms with Gasteiger partial charge in [-0.25, -0.2) is 9.59 Å². The van der Waals surface area contributed by atoms with Crippen LogP contribution in [-0.4, -0.2) is 17.0 Å². The number of esters is 1. The molecule has 1 N–H and O–H groups in total. The Kier molecular flexibility index (Phi) is 6.40. The number of aromatic carboxylic acids is 1. The molecular formula is C14H11KO4. The van der Waals surface area contributed by atoms with Crippen LogP contribution in [0.3, 0.4) is 0 Å². The van der Waals surface area contributed by atoms with Gasteiger partial charge < -0.3 is 11.3 Å². The van der Waals surface area contributed by atoms with Crippen LogP contribution in [0.5, 0.6) is 5.75 Å². The van der Waals surface area contributed by atoms with E-state index in [2.05, 4.69) is 0 Å². The van der Waals surface area contributed by atoms with Crippen LogP contribution in [-0.2, 0) is 0 Å². The fourth-order valence-corrected chi connectivity index (χ4v) is 1.40. The van der Waals surface area contributed by atoms with E-state index < -0.39 is 11.9 Å². The van der Waals surface area contributed by atoms with Gasteiger partial charge in [-0.15, -0.1) is 0 Å². The van der Waals surface area contributed by atoms with Crippen molar-refractivity contribution in [1.29, 1.82) is 0 Å². The number of carbonyl (C=O) groups is 2. The van der Waals surface area contributed by atoms with Gasteiger partial charge in [0.2, 0.25) is 0 Å². The summed E-state index contributed by atoms with van der Waals surface area (Å²) in [5.74, 6) is -1.10. The van der Waals surface area contributed by atoms with Crippen molar-refractivity contribution in [3.8, 4) is 5.75 Å². The van der Waals surface area contributed by atoms with Crippen molar-refractivity contribution in [3.63, 3.8) is 0 Å². The zero-order chi connectivity index (χ0) is 13.0. The molecule has 0 radical (unpaired) electrons. The van der Waals surface area contributed by atoms with Crippen molar-refractivity contribution in [2.75, 3.05) is 0 Å². The van der Waals surface area contributed by atoms with Gasteiger partial charge in [-0.3, -0.25) is 0 Å². The molecule has 0 aliphatic carbocycles. The minimum atomic E-state index is -1.03. The molecule has 0 spiro atoms. The fraction of sp³-hybridized carbons (Fsp3) is 0. The summed E-state index contributed by atoms with van der Waals surface area (Å²) in [5.41, 5.74) is 0.440. The summed E-state index contributed by atoms with van der Waals surface area (Å²) in [6.07, 6.45) is 0. The number of para-hydroxylation sites is 1. The molecule has 5 heteroatoms. The third-order valence-electron chi connectivity index (χ3n) is 2.32. The van der Waals surface area contributed by atoms with Crippen molar-refractivity contribution in [2.24, 2.45) is 0 Å². The summed E-state index contributed by atoms with van der Waals surface area (Å²) in [4.78, 5) is 22.4. The molecule has 0 aromatic heterocycles. The minimum Gasteiger partial charge on any atom is -1.00 e. The number of benzene rings is 2. The number of rotatable bonds is 3. The Morgan fingerprint density at radius 3 is 1.95 bits per heavy atom. The van der Waals surface area contributed by atoms with E-state index in [4.69, 9.17) is 9.84 Å². The third kappa shape index (κ3) is 4.56. The van der Waals surface area contributed by atoms with Gasteiger partial charge in [-0.05, 0) is 36.4 Å². The van der Waals surface area contributed by atoms with Gasteiger partial charge in [0.15, 0.2) is 0 Å². The van der Waals surface area contributed by atoms with Gasteiger partial charge in [0, 0.05) is 0 Å². The first-order valence-electron chi connectivity index (χ1n) is 5.27. The van der Waals surface area contributed by atoms with E-state index in [1.54, 1.807) is 24.3 Å². The quantitative estimate of drug-likeness (QED) is 0.478. The Morgan fingerprint density at radius 1 is 0.895 bits per heavy atom. The second-order valence-corrected chi connectivity index (χ2v) is 3.59. The number of carboxylic acid groups (broad SMARTS) is 1. The first kappa shape index (κ1) is 16.1. The van der Waals surface area contributed by atoms with Crippen molar-refractivity contribution in [3.05, 3.63) is 65.7 Å². The van der Waals surface area contributed by atoms with E-state index in [-0.39, 0.29) is 58.4 Å². The average molecular weight is 282 g/mol. The van der Waals surface area contributed by atoms with Crippen LogP contribution < -0.4 is 56.1 Å². The number of ether oxygens (including phenoxy) is 1. The molecule has 0 bridgehead atoms. The molecule has 0 amide bonds. The summed E-state index contributed by atoms with van der Waals surface area (Å²) in [6, 6.07) is 14.3. The van der Waals surface area contributed by atoms with Crippen LogP contribution in [0, 0.1) is 0 Å². The first-order valence-corrected chi connectivity index (χ1v) is 5.27. The SMILES string of the molecule is O=C(O)c1ccc(C(=O)Oc2ccccc2)cc1.[H-].[K+]. The normalized spacial score (nSPS) is 9.26. The van der Waals surface area contributed by atoms with Crippen LogP contribution in [0.15, 0.2) is 54.6 Å². The molecule has 0 heterocycles. The Hall–Kier alpha value is -0.984. The molecule has 92 valence electrons. The van der Waals surface area contributed by atoms with Gasteiger partial charge >= 0.3 is 63.3 Å². The van der Waals surface area contributed by atoms with Crippen molar-refractivity contribution in [2.45, 2.75) is 0 Å². The largest absolute Gasteiger partial charge is 1.00 e. The monoisotopic (exact) mass is 282 g/mol. The molecule has 0 atom stereocenters. The molecule has 0 aliphatic heterocycles. The van der Waals surface area contributed by atoms with E-state index in [0.717, 1.165) is 0 Å². The number of hydrogen-bond donors (Lipinski definition) is 1. The summed E-state index contributed by atoms with van der Waals surface area (Å²) < 4.78 is 5.11. The minimum absolute atomic E-state index is 0. The first-order chi connectivity index (χ1) is 8.66. The molecule has 0 unspecified atom stereocenters. The van der Waals surface area contributed by atoms with Gasteiger partial charge in [0.1, 0.15) is 5.75 Å². The van der Waals surface area contributed by atoms with Crippen molar-refractivity contribution in [1.82, 2.24) is 0 Å². The summed E-state index contributed by atoms with van der Waals surface area (Å²) in [7, 11) is 0. The summed E-state index contributed by atoms with van der Waals surface area (Å²) in [5, 5.41) is 8.73. The predicted molar refractivity (Wildman–Crippen MR) is 65.9 cm³/mol. The standard InChI is InChI=1S/C14H10O4.K.H/c15-13(16)10-6-8-11(9-7-10)14(17)18-12-4-2-1-3-5-12;;/h1-9H,(H,15,16);;/q;+1;-1. The average Bonchev–Trinajstić information content (AvgIpc) is 2.40. The van der Waals surface area contributed by atoms with Crippen molar-refractivity contribution < 1.29 is 72.2 Å². The van der Waals surface area contributed by atoms with Gasteiger partial charge in [-0.1, -0.05) is 18.2 Å². The second-order valence-electron chi connectivity index (χ2n) is 3.59. The molecule has 2 aromatic carbocycles. The number of carboxylic acids is 1. The second kappa shape index (κ2) is 7.57.